The Balaban J connectivity index is 1.99. The largest absolute Gasteiger partial charge is 0.508 e. The second-order valence-corrected chi connectivity index (χ2v) is 7.27. The molecule has 0 unspecified atom stereocenters. The molecule has 1 aromatic heterocycles. The summed E-state index contributed by atoms with van der Waals surface area (Å²) in [6.45, 7) is 5.44. The summed E-state index contributed by atoms with van der Waals surface area (Å²) in [4.78, 5) is 27.6. The van der Waals surface area contributed by atoms with Gasteiger partial charge in [-0.25, -0.2) is 8.78 Å². The number of amides is 1. The van der Waals surface area contributed by atoms with Crippen LogP contribution in [0.25, 0.3) is 10.9 Å². The summed E-state index contributed by atoms with van der Waals surface area (Å²) < 4.78 is 27.8. The topological polar surface area (TPSA) is 82.2 Å². The highest BCUT2D eigenvalue weighted by Crippen LogP contribution is 2.34. The zero-order valence-corrected chi connectivity index (χ0v) is 15.0. The molecular formula is C20H18F2N2O3. The Morgan fingerprint density at radius 3 is 2.52 bits per heavy atom. The molecule has 27 heavy (non-hydrogen) atoms. The molecule has 0 saturated heterocycles. The predicted molar refractivity (Wildman–Crippen MR) is 99.2 cm³/mol. The normalized spacial score (nSPS) is 11.6. The molecule has 0 bridgehead atoms. The van der Waals surface area contributed by atoms with E-state index in [0.29, 0.717) is 11.1 Å². The van der Waals surface area contributed by atoms with Crippen LogP contribution in [0.4, 0.5) is 14.5 Å². The SMILES string of the molecule is CC(C)(C)c1cc(F)c(NC(=O)c2c[nH]c3ccc(F)cc3c2=O)cc1O. The Morgan fingerprint density at radius 1 is 1.15 bits per heavy atom. The first-order valence-corrected chi connectivity index (χ1v) is 8.23. The molecule has 3 rings (SSSR count). The molecule has 140 valence electrons. The Morgan fingerprint density at radius 2 is 1.85 bits per heavy atom. The molecule has 0 saturated carbocycles. The number of hydrogen-bond donors (Lipinski definition) is 3. The van der Waals surface area contributed by atoms with Gasteiger partial charge in [0.15, 0.2) is 0 Å². The van der Waals surface area contributed by atoms with Crippen molar-refractivity contribution in [3.8, 4) is 5.75 Å². The molecule has 0 aliphatic rings. The molecule has 3 aromatic rings. The van der Waals surface area contributed by atoms with Crippen LogP contribution in [0.3, 0.4) is 0 Å². The number of hydrogen-bond acceptors (Lipinski definition) is 3. The summed E-state index contributed by atoms with van der Waals surface area (Å²) in [6, 6.07) is 5.84. The van der Waals surface area contributed by atoms with E-state index in [4.69, 9.17) is 0 Å². The predicted octanol–water partition coefficient (Wildman–Crippen LogP) is 4.06. The minimum Gasteiger partial charge on any atom is -0.508 e. The number of H-pyrrole nitrogens is 1. The minimum atomic E-state index is -0.871. The van der Waals surface area contributed by atoms with Crippen molar-refractivity contribution < 1.29 is 18.7 Å². The molecule has 0 spiro atoms. The Hall–Kier alpha value is -3.22. The Labute approximate surface area is 153 Å². The number of aromatic hydroxyl groups is 1. The lowest BCUT2D eigenvalue weighted by atomic mass is 9.86. The number of phenols is 1. The number of benzene rings is 2. The van der Waals surface area contributed by atoms with Gasteiger partial charge >= 0.3 is 0 Å². The van der Waals surface area contributed by atoms with E-state index >= 15 is 0 Å². The van der Waals surface area contributed by atoms with Gasteiger partial charge < -0.3 is 15.4 Å². The molecule has 0 aliphatic heterocycles. The lowest BCUT2D eigenvalue weighted by Crippen LogP contribution is -2.22. The summed E-state index contributed by atoms with van der Waals surface area (Å²) in [7, 11) is 0. The maximum Gasteiger partial charge on any atom is 0.261 e. The average molecular weight is 372 g/mol. The molecule has 7 heteroatoms. The first kappa shape index (κ1) is 18.6. The molecule has 5 nitrogen and oxygen atoms in total. The van der Waals surface area contributed by atoms with Gasteiger partial charge in [0, 0.05) is 28.7 Å². The summed E-state index contributed by atoms with van der Waals surface area (Å²) in [5.74, 6) is -2.40. The molecule has 0 atom stereocenters. The van der Waals surface area contributed by atoms with Crippen molar-refractivity contribution in [2.45, 2.75) is 26.2 Å². The summed E-state index contributed by atoms with van der Waals surface area (Å²) in [5.41, 5.74) is -0.978. The fraction of sp³-hybridized carbons (Fsp3) is 0.200. The van der Waals surface area contributed by atoms with Gasteiger partial charge in [-0.3, -0.25) is 9.59 Å². The monoisotopic (exact) mass is 372 g/mol. The highest BCUT2D eigenvalue weighted by molar-refractivity contribution is 6.05. The van der Waals surface area contributed by atoms with Crippen molar-refractivity contribution in [1.82, 2.24) is 4.98 Å². The third-order valence-corrected chi connectivity index (χ3v) is 4.23. The lowest BCUT2D eigenvalue weighted by molar-refractivity contribution is 0.102. The van der Waals surface area contributed by atoms with E-state index < -0.39 is 28.4 Å². The van der Waals surface area contributed by atoms with E-state index in [0.717, 1.165) is 18.2 Å². The standard InChI is InChI=1S/C20H18F2N2O3/c1-20(2,3)13-7-14(22)16(8-17(13)25)24-19(27)12-9-23-15-5-4-10(21)6-11(15)18(12)26/h4-9,25H,1-3H3,(H,23,26)(H,24,27). The molecule has 0 aliphatic carbocycles. The van der Waals surface area contributed by atoms with E-state index in [9.17, 15) is 23.5 Å². The van der Waals surface area contributed by atoms with Crippen LogP contribution < -0.4 is 10.7 Å². The van der Waals surface area contributed by atoms with Crippen molar-refractivity contribution >= 4 is 22.5 Å². The van der Waals surface area contributed by atoms with Crippen molar-refractivity contribution in [3.05, 3.63) is 69.5 Å². The van der Waals surface area contributed by atoms with Gasteiger partial charge in [0.05, 0.1) is 5.69 Å². The quantitative estimate of drug-likeness (QED) is 0.634. The van der Waals surface area contributed by atoms with Crippen molar-refractivity contribution in [3.63, 3.8) is 0 Å². The van der Waals surface area contributed by atoms with Gasteiger partial charge in [-0.1, -0.05) is 20.8 Å². The van der Waals surface area contributed by atoms with E-state index in [1.165, 1.54) is 18.3 Å². The van der Waals surface area contributed by atoms with Crippen molar-refractivity contribution in [2.24, 2.45) is 0 Å². The first-order chi connectivity index (χ1) is 12.6. The van der Waals surface area contributed by atoms with Crippen molar-refractivity contribution in [2.75, 3.05) is 5.32 Å². The summed E-state index contributed by atoms with van der Waals surface area (Å²) >= 11 is 0. The summed E-state index contributed by atoms with van der Waals surface area (Å²) in [6.07, 6.45) is 1.18. The van der Waals surface area contributed by atoms with Crippen LogP contribution in [-0.2, 0) is 5.41 Å². The number of rotatable bonds is 2. The highest BCUT2D eigenvalue weighted by Gasteiger charge is 2.22. The second kappa shape index (κ2) is 6.50. The van der Waals surface area contributed by atoms with Crippen LogP contribution in [0.5, 0.6) is 5.75 Å². The number of carbonyl (C=O) groups excluding carboxylic acids is 1. The third kappa shape index (κ3) is 3.53. The number of aromatic amines is 1. The second-order valence-electron chi connectivity index (χ2n) is 7.27. The molecule has 2 aromatic carbocycles. The van der Waals surface area contributed by atoms with E-state index in [2.05, 4.69) is 10.3 Å². The molecule has 1 heterocycles. The fourth-order valence-electron chi connectivity index (χ4n) is 2.81. The fourth-order valence-corrected chi connectivity index (χ4v) is 2.81. The molecule has 1 amide bonds. The van der Waals surface area contributed by atoms with E-state index in [1.54, 1.807) is 0 Å². The number of fused-ring (bicyclic) bond motifs is 1. The van der Waals surface area contributed by atoms with Gasteiger partial charge in [0.1, 0.15) is 22.9 Å². The number of aromatic nitrogens is 1. The smallest absolute Gasteiger partial charge is 0.261 e. The van der Waals surface area contributed by atoms with Crippen LogP contribution in [-0.4, -0.2) is 16.0 Å². The Bertz CT molecular complexity index is 1110. The number of pyridine rings is 1. The highest BCUT2D eigenvalue weighted by atomic mass is 19.1. The molecule has 3 N–H and O–H groups in total. The van der Waals surface area contributed by atoms with Crippen LogP contribution in [0.15, 0.2) is 41.3 Å². The number of phenolic OH excluding ortho intramolecular Hbond substituents is 1. The van der Waals surface area contributed by atoms with Crippen LogP contribution in [0.2, 0.25) is 0 Å². The van der Waals surface area contributed by atoms with Gasteiger partial charge in [-0.2, -0.15) is 0 Å². The van der Waals surface area contributed by atoms with Gasteiger partial charge in [0.2, 0.25) is 5.43 Å². The summed E-state index contributed by atoms with van der Waals surface area (Å²) in [5, 5.41) is 12.4. The zero-order valence-electron chi connectivity index (χ0n) is 15.0. The number of nitrogens with one attached hydrogen (secondary N) is 2. The third-order valence-electron chi connectivity index (χ3n) is 4.23. The number of carbonyl (C=O) groups is 1. The average Bonchev–Trinajstić information content (AvgIpc) is 2.57. The van der Waals surface area contributed by atoms with E-state index in [1.807, 2.05) is 20.8 Å². The lowest BCUT2D eigenvalue weighted by Gasteiger charge is -2.21. The van der Waals surface area contributed by atoms with Gasteiger partial charge in [-0.05, 0) is 29.7 Å². The van der Waals surface area contributed by atoms with Crippen LogP contribution >= 0.6 is 0 Å². The first-order valence-electron chi connectivity index (χ1n) is 8.23. The van der Waals surface area contributed by atoms with Gasteiger partial charge in [0.25, 0.3) is 5.91 Å². The maximum absolute atomic E-state index is 14.4. The Kier molecular flexibility index (Phi) is 4.47. The van der Waals surface area contributed by atoms with Gasteiger partial charge in [-0.15, -0.1) is 0 Å². The molecular weight excluding hydrogens is 354 g/mol. The van der Waals surface area contributed by atoms with Crippen LogP contribution in [0.1, 0.15) is 36.7 Å². The maximum atomic E-state index is 14.4. The number of halogens is 2. The zero-order chi connectivity index (χ0) is 19.9. The molecule has 0 fully saturated rings. The minimum absolute atomic E-state index is 0.00838. The van der Waals surface area contributed by atoms with Crippen molar-refractivity contribution in [1.29, 1.82) is 0 Å². The van der Waals surface area contributed by atoms with Crippen LogP contribution in [0, 0.1) is 11.6 Å². The molecule has 0 radical (unpaired) electrons. The number of anilines is 1. The van der Waals surface area contributed by atoms with E-state index in [-0.39, 0.29) is 22.4 Å².